The highest BCUT2D eigenvalue weighted by Crippen LogP contribution is 2.50. The number of hydrogen-bond donors (Lipinski definition) is 0. The first-order valence-electron chi connectivity index (χ1n) is 7.47. The van der Waals surface area contributed by atoms with Crippen LogP contribution >= 0.6 is 7.75 Å². The lowest BCUT2D eigenvalue weighted by atomic mass is 9.79. The zero-order valence-corrected chi connectivity index (χ0v) is 16.7. The Morgan fingerprint density at radius 3 is 1.88 bits per heavy atom. The number of carbonyl (C=O) groups is 2. The molecule has 1 rings (SSSR count). The van der Waals surface area contributed by atoms with Crippen molar-refractivity contribution in [3.8, 4) is 0 Å². The fourth-order valence-electron chi connectivity index (χ4n) is 1.91. The maximum atomic E-state index is 12.7. The number of hydrogen-bond acceptors (Lipinski definition) is 4. The number of rotatable bonds is 3. The molecule has 1 aliphatic carbocycles. The second-order valence-corrected chi connectivity index (χ2v) is 9.57. The summed E-state index contributed by atoms with van der Waals surface area (Å²) in [6.07, 6.45) is 2.12. The standard InChI is InChI=1S/C11H17NO3.C4H12FN2OP/c1-11(2)6-8(13)5-9(7-11)15-10(14)12(3)4;1-6(2)9(5,8)7(3)4/h5H,6-7H2,1-4H3;1-4H3. The maximum Gasteiger partial charge on any atom is 0.414 e. The molecule has 7 nitrogen and oxygen atoms in total. The van der Waals surface area contributed by atoms with E-state index in [0.717, 1.165) is 9.34 Å². The summed E-state index contributed by atoms with van der Waals surface area (Å²) in [6.45, 7) is 3.97. The van der Waals surface area contributed by atoms with Gasteiger partial charge in [0.15, 0.2) is 5.78 Å². The van der Waals surface area contributed by atoms with Crippen LogP contribution in [0.1, 0.15) is 26.7 Å². The van der Waals surface area contributed by atoms with E-state index in [1.807, 2.05) is 13.8 Å². The largest absolute Gasteiger partial charge is 0.415 e. The lowest BCUT2D eigenvalue weighted by molar-refractivity contribution is -0.117. The van der Waals surface area contributed by atoms with Crippen molar-refractivity contribution in [3.05, 3.63) is 11.8 Å². The normalized spacial score (nSPS) is 17.1. The minimum atomic E-state index is -3.67. The molecule has 0 aliphatic heterocycles. The van der Waals surface area contributed by atoms with E-state index >= 15 is 0 Å². The van der Waals surface area contributed by atoms with Crippen molar-refractivity contribution < 1.29 is 23.1 Å². The molecule has 0 unspecified atom stereocenters. The molecule has 0 radical (unpaired) electrons. The summed E-state index contributed by atoms with van der Waals surface area (Å²) in [5, 5.41) is 0. The first-order valence-corrected chi connectivity index (χ1v) is 8.97. The summed E-state index contributed by atoms with van der Waals surface area (Å²) in [5.41, 5.74) is -0.117. The van der Waals surface area contributed by atoms with E-state index in [1.54, 1.807) is 14.1 Å². The summed E-state index contributed by atoms with van der Waals surface area (Å²) in [5.74, 6) is 0.489. The first kappa shape index (κ1) is 22.8. The fraction of sp³-hybridized carbons (Fsp3) is 0.733. The lowest BCUT2D eigenvalue weighted by Crippen LogP contribution is -2.27. The molecule has 0 saturated carbocycles. The van der Waals surface area contributed by atoms with Gasteiger partial charge < -0.3 is 9.64 Å². The molecule has 0 fully saturated rings. The van der Waals surface area contributed by atoms with Gasteiger partial charge in [-0.05, 0) is 33.6 Å². The minimum Gasteiger partial charge on any atom is -0.415 e. The minimum absolute atomic E-state index is 0.0211. The van der Waals surface area contributed by atoms with Crippen molar-refractivity contribution in [3.63, 3.8) is 0 Å². The average molecular weight is 365 g/mol. The number of halogens is 1. The summed E-state index contributed by atoms with van der Waals surface area (Å²) in [4.78, 5) is 24.0. The number of ketones is 1. The second kappa shape index (κ2) is 8.74. The van der Waals surface area contributed by atoms with Crippen LogP contribution in [0, 0.1) is 5.41 Å². The first-order chi connectivity index (χ1) is 10.7. The number of nitrogens with zero attached hydrogens (tertiary/aromatic N) is 3. The number of allylic oxidation sites excluding steroid dienone is 2. The van der Waals surface area contributed by atoms with Gasteiger partial charge in [-0.3, -0.25) is 9.36 Å². The zero-order valence-electron chi connectivity index (χ0n) is 15.8. The summed E-state index contributed by atoms with van der Waals surface area (Å²) < 4.78 is 30.8. The Bertz CT molecular complexity index is 533. The molecule has 24 heavy (non-hydrogen) atoms. The average Bonchev–Trinajstić information content (AvgIpc) is 2.36. The van der Waals surface area contributed by atoms with Gasteiger partial charge in [-0.25, -0.2) is 14.1 Å². The highest BCUT2D eigenvalue weighted by atomic mass is 31.2. The Balaban J connectivity index is 0.000000506. The molecular weight excluding hydrogens is 336 g/mol. The van der Waals surface area contributed by atoms with Crippen molar-refractivity contribution >= 4 is 19.6 Å². The number of ether oxygens (including phenoxy) is 1. The number of amides is 1. The van der Waals surface area contributed by atoms with Crippen molar-refractivity contribution in [2.24, 2.45) is 5.41 Å². The van der Waals surface area contributed by atoms with Crippen molar-refractivity contribution in [1.82, 2.24) is 14.2 Å². The predicted molar refractivity (Wildman–Crippen MR) is 92.4 cm³/mol. The highest BCUT2D eigenvalue weighted by molar-refractivity contribution is 7.53. The second-order valence-electron chi connectivity index (χ2n) is 7.02. The Hall–Kier alpha value is -1.24. The molecule has 0 aromatic carbocycles. The Morgan fingerprint density at radius 2 is 1.58 bits per heavy atom. The van der Waals surface area contributed by atoms with Crippen molar-refractivity contribution in [1.29, 1.82) is 0 Å². The van der Waals surface area contributed by atoms with Crippen molar-refractivity contribution in [2.75, 3.05) is 42.3 Å². The van der Waals surface area contributed by atoms with E-state index in [-0.39, 0.29) is 11.2 Å². The van der Waals surface area contributed by atoms with Gasteiger partial charge in [0.1, 0.15) is 5.76 Å². The third-order valence-electron chi connectivity index (χ3n) is 3.20. The monoisotopic (exact) mass is 365 g/mol. The SMILES string of the molecule is CN(C)C(=O)OC1=CC(=O)CC(C)(C)C1.CN(C)P(=O)(F)N(C)C. The van der Waals surface area contributed by atoms with Gasteiger partial charge in [0.2, 0.25) is 0 Å². The van der Waals surface area contributed by atoms with Gasteiger partial charge >= 0.3 is 13.8 Å². The van der Waals surface area contributed by atoms with Gasteiger partial charge in [-0.2, -0.15) is 4.20 Å². The smallest absolute Gasteiger partial charge is 0.414 e. The van der Waals surface area contributed by atoms with Crippen LogP contribution in [0.25, 0.3) is 0 Å². The Kier molecular flexibility index (Phi) is 8.29. The Morgan fingerprint density at radius 1 is 1.12 bits per heavy atom. The molecule has 0 aromatic heterocycles. The van der Waals surface area contributed by atoms with Gasteiger partial charge in [0, 0.05) is 33.0 Å². The van der Waals surface area contributed by atoms with Crippen LogP contribution in [0.3, 0.4) is 0 Å². The molecule has 0 heterocycles. The van der Waals surface area contributed by atoms with Gasteiger partial charge in [-0.15, -0.1) is 0 Å². The summed E-state index contributed by atoms with van der Waals surface area (Å²) in [6, 6.07) is 0. The van der Waals surface area contributed by atoms with Crippen LogP contribution in [0.15, 0.2) is 11.8 Å². The number of carbonyl (C=O) groups excluding carboxylic acids is 2. The molecule has 1 amide bonds. The molecule has 0 aromatic rings. The highest BCUT2D eigenvalue weighted by Gasteiger charge is 2.29. The van der Waals surface area contributed by atoms with E-state index in [1.165, 1.54) is 39.2 Å². The van der Waals surface area contributed by atoms with Gasteiger partial charge in [0.05, 0.1) is 0 Å². The van der Waals surface area contributed by atoms with Crippen LogP contribution in [-0.2, 0) is 14.1 Å². The Labute approximate surface area is 144 Å². The van der Waals surface area contributed by atoms with E-state index in [0.29, 0.717) is 18.6 Å². The van der Waals surface area contributed by atoms with Gasteiger partial charge in [0.25, 0.3) is 0 Å². The van der Waals surface area contributed by atoms with Crippen LogP contribution in [0.2, 0.25) is 0 Å². The van der Waals surface area contributed by atoms with E-state index in [4.69, 9.17) is 4.74 Å². The van der Waals surface area contributed by atoms with E-state index < -0.39 is 13.8 Å². The maximum absolute atomic E-state index is 12.7. The van der Waals surface area contributed by atoms with Crippen LogP contribution < -0.4 is 0 Å². The molecule has 0 saturated heterocycles. The quantitative estimate of drug-likeness (QED) is 0.716. The molecule has 0 atom stereocenters. The van der Waals surface area contributed by atoms with Crippen molar-refractivity contribution in [2.45, 2.75) is 26.7 Å². The van der Waals surface area contributed by atoms with Gasteiger partial charge in [-0.1, -0.05) is 13.8 Å². The molecule has 140 valence electrons. The third-order valence-corrected chi connectivity index (χ3v) is 5.17. The lowest BCUT2D eigenvalue weighted by Gasteiger charge is -2.28. The van der Waals surface area contributed by atoms with E-state index in [2.05, 4.69) is 0 Å². The van der Waals surface area contributed by atoms with E-state index in [9.17, 15) is 18.4 Å². The predicted octanol–water partition coefficient (Wildman–Crippen LogP) is 3.14. The van der Waals surface area contributed by atoms with Crippen LogP contribution in [-0.4, -0.2) is 68.4 Å². The molecular formula is C15H29FN3O4P. The summed E-state index contributed by atoms with van der Waals surface area (Å²) in [7, 11) is 5.33. The molecule has 0 N–H and O–H groups in total. The zero-order chi connectivity index (χ0) is 19.3. The molecule has 0 spiro atoms. The van der Waals surface area contributed by atoms with Crippen LogP contribution in [0.4, 0.5) is 8.99 Å². The topological polar surface area (TPSA) is 70.2 Å². The molecule has 0 bridgehead atoms. The third kappa shape index (κ3) is 7.55. The molecule has 1 aliphatic rings. The fourth-order valence-corrected chi connectivity index (χ4v) is 2.63. The van der Waals surface area contributed by atoms with Crippen LogP contribution in [0.5, 0.6) is 0 Å². The molecule has 9 heteroatoms. The summed E-state index contributed by atoms with van der Waals surface area (Å²) >= 11 is 0.